The van der Waals surface area contributed by atoms with Gasteiger partial charge in [0.15, 0.2) is 0 Å². The molecule has 2 aliphatic carbocycles. The van der Waals surface area contributed by atoms with Crippen LogP contribution < -0.4 is 21.3 Å². The Labute approximate surface area is 320 Å². The molecule has 6 atom stereocenters. The van der Waals surface area contributed by atoms with Crippen molar-refractivity contribution < 1.29 is 32.4 Å². The molecule has 3 fully saturated rings. The maximum Gasteiger partial charge on any atom is 0.315 e. The fourth-order valence-corrected chi connectivity index (χ4v) is 10.4. The monoisotopic (exact) mass is 768 g/mol. The zero-order chi connectivity index (χ0) is 39.6. The molecule has 54 heavy (non-hydrogen) atoms. The molecule has 0 radical (unpaired) electrons. The van der Waals surface area contributed by atoms with Gasteiger partial charge in [-0.25, -0.2) is 13.2 Å². The highest BCUT2D eigenvalue weighted by Crippen LogP contribution is 2.65. The first-order chi connectivity index (χ1) is 25.4. The van der Waals surface area contributed by atoms with Crippen LogP contribution in [0, 0.1) is 28.6 Å². The minimum atomic E-state index is -3.74. The van der Waals surface area contributed by atoms with Crippen LogP contribution in [0.25, 0.3) is 0 Å². The van der Waals surface area contributed by atoms with E-state index in [9.17, 15) is 32.4 Å². The predicted octanol–water partition coefficient (Wildman–Crippen LogP) is 3.88. The molecule has 5 amide bonds. The Bertz CT molecular complexity index is 1720. The van der Waals surface area contributed by atoms with Crippen molar-refractivity contribution in [2.75, 3.05) is 19.6 Å². The lowest BCUT2D eigenvalue weighted by molar-refractivity contribution is -0.144. The summed E-state index contributed by atoms with van der Waals surface area (Å²) in [7, 11) is -3.74. The molecule has 14 heteroatoms. The van der Waals surface area contributed by atoms with E-state index < -0.39 is 63.2 Å². The zero-order valence-corrected chi connectivity index (χ0v) is 33.6. The number of urea groups is 1. The van der Waals surface area contributed by atoms with Gasteiger partial charge in [-0.2, -0.15) is 4.31 Å². The lowest BCUT2D eigenvalue weighted by Crippen LogP contribution is -2.61. The summed E-state index contributed by atoms with van der Waals surface area (Å²) in [6, 6.07) is 2.90. The molecular weight excluding hydrogens is 709 g/mol. The molecule has 4 N–H and O–H groups in total. The van der Waals surface area contributed by atoms with E-state index in [4.69, 9.17) is 0 Å². The van der Waals surface area contributed by atoms with Crippen LogP contribution in [0.1, 0.15) is 98.5 Å². The van der Waals surface area contributed by atoms with Crippen molar-refractivity contribution in [2.24, 2.45) is 28.6 Å². The van der Waals surface area contributed by atoms with Gasteiger partial charge in [-0.05, 0) is 59.5 Å². The highest BCUT2D eigenvalue weighted by molar-refractivity contribution is 7.89. The van der Waals surface area contributed by atoms with Crippen LogP contribution in [0.4, 0.5) is 4.79 Å². The molecule has 1 saturated heterocycles. The normalized spacial score (nSPS) is 24.6. The van der Waals surface area contributed by atoms with Crippen LogP contribution in [-0.4, -0.2) is 91.0 Å². The average molecular weight is 769 g/mol. The first kappa shape index (κ1) is 41.4. The van der Waals surface area contributed by atoms with E-state index in [1.807, 2.05) is 27.7 Å². The largest absolute Gasteiger partial charge is 0.346 e. The number of hydrogen-bond acceptors (Lipinski definition) is 7. The third-order valence-corrected chi connectivity index (χ3v) is 14.1. The second kappa shape index (κ2) is 16.5. The van der Waals surface area contributed by atoms with Gasteiger partial charge in [0.25, 0.3) is 5.91 Å². The summed E-state index contributed by atoms with van der Waals surface area (Å²) in [5.74, 6) is -2.58. The molecule has 0 bridgehead atoms. The van der Waals surface area contributed by atoms with Crippen LogP contribution in [0.15, 0.2) is 41.8 Å². The topological polar surface area (TPSA) is 174 Å². The second-order valence-corrected chi connectivity index (χ2v) is 19.2. The Balaban J connectivity index is 1.35. The van der Waals surface area contributed by atoms with Crippen LogP contribution in [-0.2, 0) is 35.7 Å². The van der Waals surface area contributed by atoms with Gasteiger partial charge in [0.05, 0.1) is 10.9 Å². The number of nitrogens with one attached hydrogen (secondary N) is 4. The number of ketones is 1. The fourth-order valence-electron chi connectivity index (χ4n) is 8.73. The minimum Gasteiger partial charge on any atom is -0.346 e. The van der Waals surface area contributed by atoms with Gasteiger partial charge < -0.3 is 26.2 Å². The molecule has 1 aromatic carbocycles. The van der Waals surface area contributed by atoms with E-state index in [0.29, 0.717) is 18.5 Å². The van der Waals surface area contributed by atoms with E-state index in [-0.39, 0.29) is 60.0 Å². The van der Waals surface area contributed by atoms with Crippen molar-refractivity contribution in [3.63, 3.8) is 0 Å². The number of amides is 5. The summed E-state index contributed by atoms with van der Waals surface area (Å²) in [5.41, 5.74) is -0.0327. The van der Waals surface area contributed by atoms with Crippen LogP contribution in [0.5, 0.6) is 0 Å². The summed E-state index contributed by atoms with van der Waals surface area (Å²) >= 11 is 0. The van der Waals surface area contributed by atoms with Crippen molar-refractivity contribution in [1.82, 2.24) is 30.5 Å². The highest BCUT2D eigenvalue weighted by Gasteiger charge is 2.69. The Hall–Kier alpha value is -3.78. The SMILES string of the molecule is C=CCNC(=O)C(=O)C(CCCC)NC(=O)C1C2C(CN1C(=O)C(NC(=O)NC(CN1Cc3ccccc3S1(=O)=O)C(C)(C)C)C1CCCCC1)C2(C)C. The van der Waals surface area contributed by atoms with Crippen molar-refractivity contribution in [1.29, 1.82) is 0 Å². The number of carbonyl (C=O) groups excluding carboxylic acids is 5. The molecule has 2 aliphatic heterocycles. The van der Waals surface area contributed by atoms with Crippen LogP contribution >= 0.6 is 0 Å². The number of unbranched alkanes of at least 4 members (excludes halogenated alkanes) is 1. The van der Waals surface area contributed by atoms with Crippen LogP contribution in [0.2, 0.25) is 0 Å². The van der Waals surface area contributed by atoms with E-state index in [1.165, 1.54) is 10.4 Å². The van der Waals surface area contributed by atoms with Gasteiger partial charge >= 0.3 is 6.03 Å². The summed E-state index contributed by atoms with van der Waals surface area (Å²) in [4.78, 5) is 70.6. The molecule has 298 valence electrons. The number of sulfonamides is 1. The van der Waals surface area contributed by atoms with Gasteiger partial charge in [0.1, 0.15) is 12.1 Å². The smallest absolute Gasteiger partial charge is 0.315 e. The Morgan fingerprint density at radius 3 is 2.33 bits per heavy atom. The summed E-state index contributed by atoms with van der Waals surface area (Å²) in [6.45, 7) is 16.2. The molecule has 4 aliphatic rings. The second-order valence-electron chi connectivity index (χ2n) is 17.3. The summed E-state index contributed by atoms with van der Waals surface area (Å²) in [5, 5.41) is 11.4. The van der Waals surface area contributed by atoms with E-state index in [1.54, 1.807) is 29.2 Å². The van der Waals surface area contributed by atoms with Crippen LogP contribution in [0.3, 0.4) is 0 Å². The summed E-state index contributed by atoms with van der Waals surface area (Å²) in [6.07, 6.45) is 7.45. The summed E-state index contributed by atoms with van der Waals surface area (Å²) < 4.78 is 28.2. The molecule has 0 aromatic heterocycles. The number of hydrogen-bond donors (Lipinski definition) is 4. The number of likely N-dealkylation sites (tertiary alicyclic amines) is 1. The number of fused-ring (bicyclic) bond motifs is 2. The molecule has 2 saturated carbocycles. The average Bonchev–Trinajstić information content (AvgIpc) is 3.38. The number of nitrogens with zero attached hydrogens (tertiary/aromatic N) is 2. The van der Waals surface area contributed by atoms with Gasteiger partial charge in [-0.15, -0.1) is 6.58 Å². The standard InChI is InChI=1S/C40H60N6O7S/c1-8-10-19-28(34(47)36(49)41-21-9-2)42-35(48)33-31-27(40(31,6)7)23-46(33)37(50)32(25-16-12-11-13-17-25)44-38(51)43-30(39(3,4)5)24-45-22-26-18-14-15-20-29(26)54(45,52)53/h9,14-15,18,20,25,27-28,30-33H,2,8,10-13,16-17,19,21-24H2,1,3-7H3,(H,41,49)(H,42,48)(H2,43,44,51). The molecule has 5 rings (SSSR count). The first-order valence-electron chi connectivity index (χ1n) is 19.6. The maximum atomic E-state index is 14.7. The third-order valence-electron chi connectivity index (χ3n) is 12.2. The fraction of sp³-hybridized carbons (Fsp3) is 0.675. The number of piperidine rings is 1. The van der Waals surface area contributed by atoms with E-state index in [0.717, 1.165) is 38.5 Å². The minimum absolute atomic E-state index is 0.0479. The van der Waals surface area contributed by atoms with Gasteiger partial charge in [0.2, 0.25) is 27.6 Å². The van der Waals surface area contributed by atoms with Crippen molar-refractivity contribution in [3.05, 3.63) is 42.5 Å². The molecule has 0 spiro atoms. The molecule has 13 nitrogen and oxygen atoms in total. The van der Waals surface area contributed by atoms with Gasteiger partial charge in [-0.1, -0.05) is 97.9 Å². The molecule has 2 heterocycles. The highest BCUT2D eigenvalue weighted by atomic mass is 32.2. The van der Waals surface area contributed by atoms with Crippen molar-refractivity contribution >= 4 is 39.6 Å². The number of carbonyl (C=O) groups is 5. The lowest BCUT2D eigenvalue weighted by atomic mass is 9.83. The Morgan fingerprint density at radius 1 is 1.02 bits per heavy atom. The first-order valence-corrected chi connectivity index (χ1v) is 21.1. The van der Waals surface area contributed by atoms with E-state index >= 15 is 0 Å². The molecule has 1 aromatic rings. The Kier molecular flexibility index (Phi) is 12.7. The zero-order valence-electron chi connectivity index (χ0n) is 32.8. The third kappa shape index (κ3) is 8.69. The maximum absolute atomic E-state index is 14.7. The quantitative estimate of drug-likeness (QED) is 0.155. The molecular formula is C40H60N6O7S. The number of Topliss-reactive ketones (excluding diaryl/α,β-unsaturated/α-hetero) is 1. The lowest BCUT2D eigenvalue weighted by Gasteiger charge is -2.38. The number of benzene rings is 1. The van der Waals surface area contributed by atoms with Gasteiger partial charge in [-0.3, -0.25) is 19.2 Å². The molecule has 6 unspecified atom stereocenters. The predicted molar refractivity (Wildman–Crippen MR) is 205 cm³/mol. The number of rotatable bonds is 15. The van der Waals surface area contributed by atoms with E-state index in [2.05, 4.69) is 41.7 Å². The van der Waals surface area contributed by atoms with Gasteiger partial charge in [0, 0.05) is 32.2 Å². The van der Waals surface area contributed by atoms with Crippen molar-refractivity contribution in [3.8, 4) is 0 Å². The Morgan fingerprint density at radius 2 is 1.70 bits per heavy atom. The van der Waals surface area contributed by atoms with Crippen molar-refractivity contribution in [2.45, 2.75) is 129 Å².